The fourth-order valence-electron chi connectivity index (χ4n) is 5.10. The minimum Gasteiger partial charge on any atom is -0.461 e. The molecule has 2 amide bonds. The Balaban J connectivity index is 0.000000219. The first-order chi connectivity index (χ1) is 27.9. The molecule has 2 aromatic heterocycles. The molecule has 2 atom stereocenters. The zero-order chi connectivity index (χ0) is 43.7. The highest BCUT2D eigenvalue weighted by Gasteiger charge is 2.51. The molecular formula is C40H33Cl2IN6O10. The number of rotatable bonds is 6. The summed E-state index contributed by atoms with van der Waals surface area (Å²) in [6.07, 6.45) is 4.84. The summed E-state index contributed by atoms with van der Waals surface area (Å²) in [5.74, 6) is 3.47. The van der Waals surface area contributed by atoms with Crippen molar-refractivity contribution >= 4 is 81.1 Å². The minimum absolute atomic E-state index is 0.0119. The van der Waals surface area contributed by atoms with Crippen LogP contribution in [-0.4, -0.2) is 127 Å². The summed E-state index contributed by atoms with van der Waals surface area (Å²) >= 11 is 14.1. The van der Waals surface area contributed by atoms with Gasteiger partial charge in [-0.15, -0.1) is 6.42 Å². The highest BCUT2D eigenvalue weighted by Crippen LogP contribution is 2.23. The van der Waals surface area contributed by atoms with Crippen LogP contribution in [0.3, 0.4) is 0 Å². The molecule has 0 spiro atoms. The van der Waals surface area contributed by atoms with Gasteiger partial charge in [0, 0.05) is 46.5 Å². The maximum atomic E-state index is 12.0. The predicted octanol–water partition coefficient (Wildman–Crippen LogP) is 3.07. The number of halogens is 3. The number of carbonyl (C=O) groups excluding carboxylic acids is 6. The summed E-state index contributed by atoms with van der Waals surface area (Å²) in [6.45, 7) is 3.59. The molecule has 2 aliphatic heterocycles. The quantitative estimate of drug-likeness (QED) is 0.0934. The molecule has 2 fully saturated rings. The molecule has 0 bridgehead atoms. The first-order valence-corrected chi connectivity index (χ1v) is 19.0. The van der Waals surface area contributed by atoms with Crippen molar-refractivity contribution in [3.05, 3.63) is 91.5 Å². The van der Waals surface area contributed by atoms with Crippen LogP contribution in [0.1, 0.15) is 40.4 Å². The number of hydrogen-bond acceptors (Lipinski definition) is 14. The number of nitrogens with zero attached hydrogens (tertiary/aromatic N) is 6. The van der Waals surface area contributed by atoms with Crippen molar-refractivity contribution in [1.29, 1.82) is 0 Å². The lowest BCUT2D eigenvalue weighted by atomic mass is 10.0. The fourth-order valence-corrected chi connectivity index (χ4v) is 6.01. The number of benzene rings is 2. The number of carbonyl (C=O) groups is 6. The van der Waals surface area contributed by atoms with Crippen LogP contribution in [0.2, 0.25) is 10.3 Å². The standard InChI is InChI=1S/C20H16ClN3O5.C13H10ClIN2O2.C7H7NO3/c1-3-29-18(26)14-10-16(21)23-17(22-14)13-6-4-5-12(9-13)7-8-20(28)15(25)11-24(2)19(20)27;1-2-19-13(18)10-7-11(14)17-12(16-10)8-4-3-5-9(15)6-8;1-3-7(11)5(9)4-8(2)6(7)10/h4-6,9-10,28H,3,11H2,1-2H3;3-7H,2H2,1H3;1,11H,4H2,2H3/t20-;;7-/m1.1/s1. The lowest BCUT2D eigenvalue weighted by molar-refractivity contribution is -0.143. The maximum Gasteiger partial charge on any atom is 0.357 e. The molecule has 2 saturated heterocycles. The van der Waals surface area contributed by atoms with E-state index in [4.69, 9.17) is 39.1 Å². The lowest BCUT2D eigenvalue weighted by Gasteiger charge is -2.11. The molecule has 0 saturated carbocycles. The van der Waals surface area contributed by atoms with Crippen LogP contribution in [-0.2, 0) is 28.7 Å². The average Bonchev–Trinajstić information content (AvgIpc) is 3.53. The lowest BCUT2D eigenvalue weighted by Crippen LogP contribution is -2.41. The maximum absolute atomic E-state index is 12.0. The average molecular weight is 956 g/mol. The van der Waals surface area contributed by atoms with Crippen LogP contribution in [0, 0.1) is 27.8 Å². The molecule has 16 nitrogen and oxygen atoms in total. The third-order valence-corrected chi connectivity index (χ3v) is 9.10. The number of amides is 2. The molecule has 0 unspecified atom stereocenters. The van der Waals surface area contributed by atoms with Gasteiger partial charge in [0.2, 0.25) is 11.6 Å². The van der Waals surface area contributed by atoms with E-state index in [2.05, 4.69) is 54.4 Å². The van der Waals surface area contributed by atoms with Gasteiger partial charge in [0.25, 0.3) is 23.0 Å². The van der Waals surface area contributed by atoms with E-state index in [1.54, 1.807) is 44.0 Å². The third-order valence-electron chi connectivity index (χ3n) is 8.04. The first-order valence-electron chi connectivity index (χ1n) is 17.2. The number of terminal acetylenes is 1. The van der Waals surface area contributed by atoms with Gasteiger partial charge in [0.05, 0.1) is 26.3 Å². The van der Waals surface area contributed by atoms with Crippen molar-refractivity contribution < 1.29 is 48.5 Å². The fraction of sp³-hybridized carbons (Fsp3) is 0.250. The summed E-state index contributed by atoms with van der Waals surface area (Å²) < 4.78 is 10.9. The normalized spacial score (nSPS) is 18.1. The molecule has 4 heterocycles. The van der Waals surface area contributed by atoms with E-state index in [1.165, 1.54) is 26.2 Å². The number of likely N-dealkylation sites (tertiary alicyclic amines) is 2. The Morgan fingerprint density at radius 3 is 1.63 bits per heavy atom. The monoisotopic (exact) mass is 954 g/mol. The van der Waals surface area contributed by atoms with Crippen LogP contribution in [0.4, 0.5) is 0 Å². The molecule has 2 aliphatic rings. The smallest absolute Gasteiger partial charge is 0.357 e. The van der Waals surface area contributed by atoms with Crippen molar-refractivity contribution in [2.24, 2.45) is 0 Å². The third kappa shape index (κ3) is 11.0. The van der Waals surface area contributed by atoms with Crippen LogP contribution >= 0.6 is 45.8 Å². The van der Waals surface area contributed by atoms with Gasteiger partial charge in [0.1, 0.15) is 10.3 Å². The summed E-state index contributed by atoms with van der Waals surface area (Å²) in [5, 5.41) is 19.8. The van der Waals surface area contributed by atoms with Gasteiger partial charge in [-0.3, -0.25) is 19.2 Å². The van der Waals surface area contributed by atoms with Crippen molar-refractivity contribution in [3.8, 4) is 47.0 Å². The van der Waals surface area contributed by atoms with Gasteiger partial charge < -0.3 is 29.5 Å². The highest BCUT2D eigenvalue weighted by atomic mass is 127. The number of aliphatic hydroxyl groups is 2. The Morgan fingerprint density at radius 1 is 0.763 bits per heavy atom. The molecule has 59 heavy (non-hydrogen) atoms. The highest BCUT2D eigenvalue weighted by molar-refractivity contribution is 14.1. The molecule has 2 N–H and O–H groups in total. The summed E-state index contributed by atoms with van der Waals surface area (Å²) in [6, 6.07) is 16.9. The molecular weight excluding hydrogens is 922 g/mol. The number of aromatic nitrogens is 4. The molecule has 0 aliphatic carbocycles. The Kier molecular flexibility index (Phi) is 15.4. The first kappa shape index (κ1) is 45.9. The SMILES string of the molecule is C#C[C@@]1(O)C(=O)CN(C)C1=O.CCOC(=O)c1cc(Cl)nc(-c2cccc(C#C[C@@]3(O)C(=O)CN(C)C3=O)c2)n1.CCOC(=O)c1cc(Cl)nc(-c2cccc(I)c2)n1. The summed E-state index contributed by atoms with van der Waals surface area (Å²) in [4.78, 5) is 88.2. The van der Waals surface area contributed by atoms with Gasteiger partial charge >= 0.3 is 11.9 Å². The molecule has 0 radical (unpaired) electrons. The number of ketones is 2. The number of hydrogen-bond donors (Lipinski definition) is 2. The Hall–Kier alpha value is -5.83. The van der Waals surface area contributed by atoms with Gasteiger partial charge in [0.15, 0.2) is 23.0 Å². The van der Waals surface area contributed by atoms with Gasteiger partial charge in [-0.2, -0.15) is 0 Å². The van der Waals surface area contributed by atoms with E-state index in [-0.39, 0.29) is 47.2 Å². The van der Waals surface area contributed by atoms with E-state index >= 15 is 0 Å². The molecule has 19 heteroatoms. The van der Waals surface area contributed by atoms with Crippen molar-refractivity contribution in [2.75, 3.05) is 40.4 Å². The van der Waals surface area contributed by atoms with Crippen molar-refractivity contribution in [2.45, 2.75) is 25.0 Å². The predicted molar refractivity (Wildman–Crippen MR) is 220 cm³/mol. The van der Waals surface area contributed by atoms with E-state index in [0.717, 1.165) is 18.9 Å². The van der Waals surface area contributed by atoms with Crippen molar-refractivity contribution in [3.63, 3.8) is 0 Å². The second kappa shape index (κ2) is 19.7. The molecule has 6 rings (SSSR count). The van der Waals surface area contributed by atoms with Gasteiger partial charge in [-0.1, -0.05) is 59.3 Å². The zero-order valence-electron chi connectivity index (χ0n) is 31.7. The van der Waals surface area contributed by atoms with Crippen LogP contribution in [0.5, 0.6) is 0 Å². The molecule has 2 aromatic carbocycles. The van der Waals surface area contributed by atoms with Gasteiger partial charge in [-0.25, -0.2) is 29.5 Å². The van der Waals surface area contributed by atoms with E-state index in [0.29, 0.717) is 23.6 Å². The second-order valence-electron chi connectivity index (χ2n) is 12.3. The van der Waals surface area contributed by atoms with Gasteiger partial charge in [-0.05, 0) is 66.6 Å². The largest absolute Gasteiger partial charge is 0.461 e. The molecule has 4 aromatic rings. The number of esters is 2. The van der Waals surface area contributed by atoms with E-state index in [9.17, 15) is 39.0 Å². The van der Waals surface area contributed by atoms with E-state index in [1.807, 2.05) is 24.3 Å². The van der Waals surface area contributed by atoms with E-state index < -0.39 is 46.5 Å². The number of likely N-dealkylation sites (N-methyl/N-ethyl adjacent to an activating group) is 2. The summed E-state index contributed by atoms with van der Waals surface area (Å²) in [5.41, 5.74) is -2.66. The number of Topliss-reactive ketones (excluding diaryl/α,β-unsaturated/α-hetero) is 2. The van der Waals surface area contributed by atoms with Crippen LogP contribution in [0.15, 0.2) is 60.7 Å². The minimum atomic E-state index is -2.35. The summed E-state index contributed by atoms with van der Waals surface area (Å²) in [7, 11) is 2.83. The zero-order valence-corrected chi connectivity index (χ0v) is 35.3. The second-order valence-corrected chi connectivity index (χ2v) is 14.3. The topological polar surface area (TPSA) is 219 Å². The van der Waals surface area contributed by atoms with Crippen LogP contribution in [0.25, 0.3) is 22.8 Å². The Morgan fingerprint density at radius 2 is 1.22 bits per heavy atom. The Bertz CT molecular complexity index is 2450. The Labute approximate surface area is 361 Å². The molecule has 304 valence electrons. The van der Waals surface area contributed by atoms with Crippen molar-refractivity contribution in [1.82, 2.24) is 29.7 Å². The van der Waals surface area contributed by atoms with Crippen LogP contribution < -0.4 is 0 Å². The number of ether oxygens (including phenoxy) is 2.